The number of ether oxygens (including phenoxy) is 4. The lowest BCUT2D eigenvalue weighted by Crippen LogP contribution is -2.59. The summed E-state index contributed by atoms with van der Waals surface area (Å²) in [5, 5.41) is 46.4. The van der Waals surface area contributed by atoms with Crippen LogP contribution in [-0.4, -0.2) is 467 Å². The average Bonchev–Trinajstić information content (AvgIpc) is 1.23. The first-order chi connectivity index (χ1) is 58.0. The van der Waals surface area contributed by atoms with E-state index < -0.39 is 10.8 Å². The van der Waals surface area contributed by atoms with Gasteiger partial charge in [-0.05, 0) is 251 Å². The second-order valence-corrected chi connectivity index (χ2v) is 35.2. The summed E-state index contributed by atoms with van der Waals surface area (Å²) in [5.41, 5.74) is 0.669. The number of hydrogen-bond acceptors (Lipinski definition) is 27. The molecule has 2 saturated carbocycles. The molecule has 4 amide bonds. The monoisotopic (exact) mass is 1750 g/mol. The van der Waals surface area contributed by atoms with Crippen LogP contribution in [0.15, 0.2) is 24.5 Å². The molecule has 11 N–H and O–H groups in total. The summed E-state index contributed by atoms with van der Waals surface area (Å²) in [5.74, 6) is 2.56. The molecule has 121 heavy (non-hydrogen) atoms. The Morgan fingerprint density at radius 3 is 1.50 bits per heavy atom. The number of amides is 4. The molecule has 10 aliphatic heterocycles. The van der Waals surface area contributed by atoms with Crippen molar-refractivity contribution in [2.45, 2.75) is 203 Å². The second-order valence-electron chi connectivity index (χ2n) is 33.5. The third kappa shape index (κ3) is 55.6. The molecule has 0 spiro atoms. The van der Waals surface area contributed by atoms with E-state index in [1.165, 1.54) is 110 Å². The lowest BCUT2D eigenvalue weighted by molar-refractivity contribution is -0.136. The van der Waals surface area contributed by atoms with Crippen LogP contribution in [0.5, 0.6) is 0 Å². The lowest BCUT2D eigenvalue weighted by atomic mass is 9.93. The molecule has 0 radical (unpaired) electrons. The first-order valence-corrected chi connectivity index (χ1v) is 47.1. The largest absolute Gasteiger partial charge is 0.393 e. The maximum absolute atomic E-state index is 11.8. The van der Waals surface area contributed by atoms with Gasteiger partial charge >= 0.3 is 0 Å². The van der Waals surface area contributed by atoms with Gasteiger partial charge in [0.15, 0.2) is 0 Å². The fourth-order valence-corrected chi connectivity index (χ4v) is 16.4. The van der Waals surface area contributed by atoms with Crippen molar-refractivity contribution in [3.63, 3.8) is 0 Å². The van der Waals surface area contributed by atoms with Crippen LogP contribution in [-0.2, 0) is 44.1 Å². The van der Waals surface area contributed by atoms with Gasteiger partial charge in [0, 0.05) is 223 Å². The Morgan fingerprint density at radius 2 is 1.09 bits per heavy atom. The van der Waals surface area contributed by atoms with Crippen molar-refractivity contribution in [2.24, 2.45) is 0 Å². The molecule has 10 saturated heterocycles. The highest BCUT2D eigenvalue weighted by atomic mass is 32.2. The van der Waals surface area contributed by atoms with Crippen molar-refractivity contribution in [3.8, 4) is 0 Å². The van der Waals surface area contributed by atoms with E-state index in [0.29, 0.717) is 61.9 Å². The Morgan fingerprint density at radius 1 is 0.579 bits per heavy atom. The molecule has 0 bridgehead atoms. The van der Waals surface area contributed by atoms with Crippen LogP contribution >= 0.6 is 0 Å². The molecule has 13 rings (SSSR count). The number of piperidine rings is 2. The van der Waals surface area contributed by atoms with E-state index in [-0.39, 0.29) is 37.4 Å². The number of alkyl halides is 1. The zero-order chi connectivity index (χ0) is 88.5. The number of likely N-dealkylation sites (tertiary alicyclic amines) is 6. The molecule has 0 aromatic carbocycles. The topological polar surface area (TPSA) is 316 Å². The Hall–Kier alpha value is -3.73. The maximum Gasteiger partial charge on any atom is 0.255 e. The van der Waals surface area contributed by atoms with Crippen molar-refractivity contribution in [1.82, 2.24) is 102 Å². The number of carbonyl (C=O) groups excluding carboxylic acids is 4. The number of aliphatic hydroxyl groups is 2. The zero-order valence-electron chi connectivity index (χ0n) is 78.1. The summed E-state index contributed by atoms with van der Waals surface area (Å²) >= 11 is 0. The Kier molecular flexibility index (Phi) is 70.7. The van der Waals surface area contributed by atoms with Gasteiger partial charge in [0.25, 0.3) is 5.91 Å². The highest BCUT2D eigenvalue weighted by Crippen LogP contribution is 2.23. The Labute approximate surface area is 737 Å². The number of β-amino-alcohol motifs (C(OH)–C–C–N with tert-alkyl or cyclic N) is 1. The van der Waals surface area contributed by atoms with Crippen LogP contribution in [0, 0.1) is 0 Å². The summed E-state index contributed by atoms with van der Waals surface area (Å²) in [7, 11) is 29.4. The molecule has 33 heteroatoms. The smallest absolute Gasteiger partial charge is 0.255 e. The van der Waals surface area contributed by atoms with Gasteiger partial charge in [0.05, 0.1) is 76.7 Å². The first-order valence-electron chi connectivity index (χ1n) is 45.6. The van der Waals surface area contributed by atoms with Crippen LogP contribution in [0.1, 0.15) is 153 Å². The number of nitrogens with one attached hydrogen (secondary N) is 9. The van der Waals surface area contributed by atoms with E-state index in [9.17, 15) is 27.8 Å². The number of carbonyl (C=O) groups is 4. The molecule has 2 aliphatic carbocycles. The molecule has 1 aromatic rings. The number of methoxy groups -OCH3 is 1. The SMILES string of the molecule is C.CF.CN1CCC(O)C1.CN1CCC(O)CC1.CN1CCS(=O)CC1.CNC1CCC(OC)CC1.CNC1CCC(OCCN2CCOCC2)CC1.CNC1CCNCC1.CNC1CN(C(=O)CCN2CCOCC2)C1.CNC1CN(C(=O)c2cccnc2)C1.CNCC(=O)N(C)C.CNCCC1CCCN1C.CNCCCCN1CCCC1=O. The standard InChI is InChI=1S/C13H26N2O2.C11H21N3O2.C10H13N3O.C9H18N2O.C8H18N2.C8H17NO.C6H14N2.C6H13NO.C5H12N2O.C5H11NOS.C5H11NO.CH3F.CH4/c1-14-12-2-4-13(5-3-12)17-11-8-15-6-9-16-10-7-15;1-12-10-8-14(9-10)11(15)2-3-13-4-6-16-7-5-13;1-11-9-6-13(7-9)10(14)8-3-2-4-12-5-8;1-10-6-2-3-7-11-8-4-5-9(11)12;1-9-6-5-8-4-3-7-10(8)2;1-9-7-3-5-8(10-2)6-4-7;1-7-6-2-4-8-5-3-6;1-7-4-2-6(8)3-5-7;1-6-4-5(8)7(2)3;1-6-2-4-8(7)5-3-6;1-6-3-2-5(7)4-6;1-2;/h12-14H,2-11H2,1H3;10,12H,2-9H2,1H3;2-5,9,11H,6-7H2,1H3;10H,2-8H2,1H3;8-9H,3-7H2,1-2H3;7-9H,3-6H2,1-2H3;6-8H,2-5H2,1H3;6,8H,2-5H2,1H3;6H,4H2,1-3H3;2-5H2,1H3;5,7H,2-4H2,1H3;1H3;1H4. The normalized spacial score (nSPS) is 23.9. The minimum absolute atomic E-state index is 0. The summed E-state index contributed by atoms with van der Waals surface area (Å²) in [6.07, 6.45) is 28.5. The van der Waals surface area contributed by atoms with E-state index >= 15 is 0 Å². The summed E-state index contributed by atoms with van der Waals surface area (Å²) in [6, 6.07) is 7.62. The van der Waals surface area contributed by atoms with Crippen molar-refractivity contribution in [1.29, 1.82) is 0 Å². The minimum Gasteiger partial charge on any atom is -0.393 e. The number of aliphatic hydroxyl groups excluding tert-OH is 2. The van der Waals surface area contributed by atoms with Gasteiger partial charge in [-0.15, -0.1) is 0 Å². The second kappa shape index (κ2) is 74.2. The molecule has 2 atom stereocenters. The van der Waals surface area contributed by atoms with E-state index in [1.54, 1.807) is 50.6 Å². The van der Waals surface area contributed by atoms with Crippen LogP contribution in [0.2, 0.25) is 0 Å². The highest BCUT2D eigenvalue weighted by molar-refractivity contribution is 7.85. The van der Waals surface area contributed by atoms with E-state index in [0.717, 1.165) is 232 Å². The van der Waals surface area contributed by atoms with E-state index in [1.807, 2.05) is 71.1 Å². The average molecular weight is 1750 g/mol. The quantitative estimate of drug-likeness (QED) is 0.0663. The van der Waals surface area contributed by atoms with Crippen LogP contribution in [0.25, 0.3) is 0 Å². The molecule has 712 valence electrons. The number of pyridine rings is 1. The predicted molar refractivity (Wildman–Crippen MR) is 495 cm³/mol. The van der Waals surface area contributed by atoms with Crippen LogP contribution in [0.4, 0.5) is 4.39 Å². The number of likely N-dealkylation sites (N-methyl/N-ethyl adjacent to an activating group) is 5. The lowest BCUT2D eigenvalue weighted by Gasteiger charge is -2.39. The van der Waals surface area contributed by atoms with Crippen molar-refractivity contribution < 1.29 is 56.9 Å². The minimum atomic E-state index is -0.503. The number of unbranched alkanes of at least 4 members (excludes halogenated alkanes) is 1. The van der Waals surface area contributed by atoms with Gasteiger partial charge in [-0.1, -0.05) is 7.43 Å². The predicted octanol–water partition coefficient (Wildman–Crippen LogP) is 2.50. The van der Waals surface area contributed by atoms with Crippen LogP contribution < -0.4 is 47.9 Å². The van der Waals surface area contributed by atoms with Crippen LogP contribution in [0.3, 0.4) is 0 Å². The zero-order valence-corrected chi connectivity index (χ0v) is 78.9. The van der Waals surface area contributed by atoms with E-state index in [4.69, 9.17) is 29.2 Å². The van der Waals surface area contributed by atoms with Crippen molar-refractivity contribution >= 4 is 34.4 Å². The molecule has 11 heterocycles. The fraction of sp³-hybridized carbons (Fsp3) is 0.898. The number of morpholine rings is 2. The van der Waals surface area contributed by atoms with Gasteiger partial charge in [-0.2, -0.15) is 0 Å². The van der Waals surface area contributed by atoms with Gasteiger partial charge < -0.3 is 116 Å². The third-order valence-corrected chi connectivity index (χ3v) is 25.2. The number of hydrogen-bond donors (Lipinski definition) is 11. The van der Waals surface area contributed by atoms with Gasteiger partial charge in [0.2, 0.25) is 17.7 Å². The summed E-state index contributed by atoms with van der Waals surface area (Å²) in [4.78, 5) is 70.3. The molecule has 2 unspecified atom stereocenters. The van der Waals surface area contributed by atoms with E-state index in [2.05, 4.69) is 110 Å². The number of nitrogens with zero attached hydrogens (tertiary/aromatic N) is 11. The number of rotatable bonds is 24. The maximum atomic E-state index is 11.8. The third-order valence-electron chi connectivity index (χ3n) is 23.9. The van der Waals surface area contributed by atoms with Gasteiger partial charge in [0.1, 0.15) is 0 Å². The first kappa shape index (κ1) is 115. The molecule has 31 nitrogen and oxygen atoms in total. The van der Waals surface area contributed by atoms with Crippen molar-refractivity contribution in [2.75, 3.05) is 315 Å². The summed E-state index contributed by atoms with van der Waals surface area (Å²) in [6.45, 7) is 27.9. The Balaban J connectivity index is 0.000000671. The molecule has 12 fully saturated rings. The van der Waals surface area contributed by atoms with Crippen molar-refractivity contribution in [3.05, 3.63) is 30.1 Å². The molecular formula is C88H181FN20O11S. The Bertz CT molecular complexity index is 2590. The van der Waals surface area contributed by atoms with Gasteiger partial charge in [-0.25, -0.2) is 0 Å². The number of halogens is 1. The molecular weight excluding hydrogens is 1560 g/mol. The molecule has 12 aliphatic rings. The summed E-state index contributed by atoms with van der Waals surface area (Å²) < 4.78 is 42.0. The molecule has 1 aromatic heterocycles. The fourth-order valence-electron chi connectivity index (χ4n) is 15.1. The highest BCUT2D eigenvalue weighted by Gasteiger charge is 2.32. The number of aromatic nitrogens is 1. The van der Waals surface area contributed by atoms with Gasteiger partial charge in [-0.3, -0.25) is 42.6 Å².